The Morgan fingerprint density at radius 3 is 2.41 bits per heavy atom. The summed E-state index contributed by atoms with van der Waals surface area (Å²) in [6.45, 7) is 7.72. The lowest BCUT2D eigenvalue weighted by atomic mass is 9.54. The molecule has 0 unspecified atom stereocenters. The van der Waals surface area contributed by atoms with Crippen molar-refractivity contribution in [3.63, 3.8) is 0 Å². The van der Waals surface area contributed by atoms with Crippen LogP contribution in [0.4, 0.5) is 0 Å². The molecule has 4 aliphatic carbocycles. The number of aromatic nitrogens is 2. The number of nitrogens with zero attached hydrogens (tertiary/aromatic N) is 3. The Labute approximate surface area is 190 Å². The second-order valence-electron chi connectivity index (χ2n) is 10.8. The first-order valence-corrected chi connectivity index (χ1v) is 12.5. The van der Waals surface area contributed by atoms with Crippen LogP contribution in [-0.4, -0.2) is 65.3 Å². The Morgan fingerprint density at radius 1 is 1.12 bits per heavy atom. The van der Waals surface area contributed by atoms with Crippen LogP contribution in [0.3, 0.4) is 0 Å². The number of carbonyl (C=O) groups is 2. The van der Waals surface area contributed by atoms with E-state index in [-0.39, 0.29) is 24.4 Å². The van der Waals surface area contributed by atoms with Crippen molar-refractivity contribution in [1.29, 1.82) is 0 Å². The average molecular weight is 444 g/mol. The number of amides is 2. The van der Waals surface area contributed by atoms with E-state index >= 15 is 0 Å². The summed E-state index contributed by atoms with van der Waals surface area (Å²) >= 11 is 0. The van der Waals surface area contributed by atoms with Gasteiger partial charge in [-0.2, -0.15) is 5.10 Å². The normalized spacial score (nSPS) is 31.2. The third-order valence-electron chi connectivity index (χ3n) is 7.87. The lowest BCUT2D eigenvalue weighted by Crippen LogP contribution is -2.55. The summed E-state index contributed by atoms with van der Waals surface area (Å²) in [6.07, 6.45) is 8.00. The minimum Gasteiger partial charge on any atom is -0.477 e. The fraction of sp³-hybridized carbons (Fsp3) is 0.792. The molecule has 0 atom stereocenters. The highest BCUT2D eigenvalue weighted by molar-refractivity contribution is 5.96. The molecule has 176 valence electrons. The summed E-state index contributed by atoms with van der Waals surface area (Å²) in [4.78, 5) is 28.0. The summed E-state index contributed by atoms with van der Waals surface area (Å²) in [6, 6.07) is 0.263. The van der Waals surface area contributed by atoms with Crippen LogP contribution in [0.15, 0.2) is 6.20 Å². The van der Waals surface area contributed by atoms with Crippen LogP contribution in [0, 0.1) is 29.6 Å². The Hall–Kier alpha value is -2.09. The standard InChI is InChI=1S/C24H37N5O3/c1-15(2)14-32-24-20(12-26-29(24)13-21(30)28-5-3-25-4-6-28)23(31)27-22-18-8-16-7-17(10-18)11-19(22)9-16/h12,15-19,22,25H,3-11,13-14H2,1-2H3,(H,27,31). The van der Waals surface area contributed by atoms with Crippen LogP contribution in [0.2, 0.25) is 0 Å². The van der Waals surface area contributed by atoms with Gasteiger partial charge in [0, 0.05) is 32.2 Å². The highest BCUT2D eigenvalue weighted by atomic mass is 16.5. The number of nitrogens with one attached hydrogen (secondary N) is 2. The van der Waals surface area contributed by atoms with E-state index in [2.05, 4.69) is 29.6 Å². The van der Waals surface area contributed by atoms with Crippen LogP contribution >= 0.6 is 0 Å². The van der Waals surface area contributed by atoms with Gasteiger partial charge < -0.3 is 20.3 Å². The predicted molar refractivity (Wildman–Crippen MR) is 120 cm³/mol. The molecule has 1 aliphatic heterocycles. The minimum atomic E-state index is -0.109. The van der Waals surface area contributed by atoms with Crippen LogP contribution < -0.4 is 15.4 Å². The van der Waals surface area contributed by atoms with Gasteiger partial charge in [0.1, 0.15) is 12.1 Å². The van der Waals surface area contributed by atoms with Crippen molar-refractivity contribution < 1.29 is 14.3 Å². The molecule has 8 nitrogen and oxygen atoms in total. The fourth-order valence-electron chi connectivity index (χ4n) is 6.57. The zero-order valence-electron chi connectivity index (χ0n) is 19.4. The smallest absolute Gasteiger partial charge is 0.258 e. The molecule has 2 amide bonds. The van der Waals surface area contributed by atoms with Gasteiger partial charge in [0.15, 0.2) is 0 Å². The third-order valence-corrected chi connectivity index (χ3v) is 7.87. The van der Waals surface area contributed by atoms with Gasteiger partial charge in [-0.15, -0.1) is 0 Å². The molecule has 0 radical (unpaired) electrons. The van der Waals surface area contributed by atoms with E-state index in [4.69, 9.17) is 4.74 Å². The van der Waals surface area contributed by atoms with E-state index in [9.17, 15) is 9.59 Å². The van der Waals surface area contributed by atoms with E-state index in [1.807, 2.05) is 4.90 Å². The van der Waals surface area contributed by atoms with Gasteiger partial charge in [-0.3, -0.25) is 9.59 Å². The molecule has 1 saturated heterocycles. The molecule has 32 heavy (non-hydrogen) atoms. The number of piperazine rings is 1. The van der Waals surface area contributed by atoms with Gasteiger partial charge in [-0.05, 0) is 61.7 Å². The molecular weight excluding hydrogens is 406 g/mol. The van der Waals surface area contributed by atoms with E-state index < -0.39 is 0 Å². The van der Waals surface area contributed by atoms with Crippen molar-refractivity contribution in [2.45, 2.75) is 58.5 Å². The van der Waals surface area contributed by atoms with Crippen molar-refractivity contribution in [1.82, 2.24) is 25.3 Å². The van der Waals surface area contributed by atoms with Crippen LogP contribution in [-0.2, 0) is 11.3 Å². The zero-order valence-corrected chi connectivity index (χ0v) is 19.4. The van der Waals surface area contributed by atoms with Crippen LogP contribution in [0.1, 0.15) is 56.3 Å². The summed E-state index contributed by atoms with van der Waals surface area (Å²) in [5.74, 6) is 3.59. The maximum Gasteiger partial charge on any atom is 0.258 e. The Morgan fingerprint density at radius 2 is 1.78 bits per heavy atom. The molecule has 8 heteroatoms. The molecule has 6 rings (SSSR count). The van der Waals surface area contributed by atoms with Gasteiger partial charge in [-0.25, -0.2) is 4.68 Å². The molecule has 4 saturated carbocycles. The van der Waals surface area contributed by atoms with E-state index in [0.717, 1.165) is 24.9 Å². The summed E-state index contributed by atoms with van der Waals surface area (Å²) in [5, 5.41) is 11.0. The van der Waals surface area contributed by atoms with Gasteiger partial charge in [0.25, 0.3) is 5.91 Å². The van der Waals surface area contributed by atoms with Crippen molar-refractivity contribution in [2.24, 2.45) is 29.6 Å². The first-order chi connectivity index (χ1) is 15.5. The number of hydrogen-bond donors (Lipinski definition) is 2. The topological polar surface area (TPSA) is 88.5 Å². The summed E-state index contributed by atoms with van der Waals surface area (Å²) in [7, 11) is 0. The molecule has 1 aromatic rings. The molecule has 0 spiro atoms. The molecule has 1 aromatic heterocycles. The molecule has 0 aromatic carbocycles. The quantitative estimate of drug-likeness (QED) is 0.672. The van der Waals surface area contributed by atoms with E-state index in [1.165, 1.54) is 32.1 Å². The monoisotopic (exact) mass is 443 g/mol. The highest BCUT2D eigenvalue weighted by Gasteiger charge is 2.48. The Balaban J connectivity index is 1.31. The maximum atomic E-state index is 13.4. The summed E-state index contributed by atoms with van der Waals surface area (Å²) in [5.41, 5.74) is 0.451. The molecule has 4 bridgehead atoms. The van der Waals surface area contributed by atoms with Crippen LogP contribution in [0.25, 0.3) is 0 Å². The second-order valence-corrected chi connectivity index (χ2v) is 10.8. The SMILES string of the molecule is CC(C)COc1c(C(=O)NC2C3CC4CC(C3)CC2C4)cnn1CC(=O)N1CCNCC1. The van der Waals surface area contributed by atoms with Crippen LogP contribution in [0.5, 0.6) is 5.88 Å². The number of rotatable bonds is 7. The van der Waals surface area contributed by atoms with E-state index in [0.29, 0.717) is 48.9 Å². The molecule has 5 fully saturated rings. The molecule has 2 heterocycles. The average Bonchev–Trinajstić information content (AvgIpc) is 3.17. The largest absolute Gasteiger partial charge is 0.477 e. The predicted octanol–water partition coefficient (Wildman–Crippen LogP) is 1.90. The van der Waals surface area contributed by atoms with E-state index in [1.54, 1.807) is 10.9 Å². The minimum absolute atomic E-state index is 0.0111. The van der Waals surface area contributed by atoms with Gasteiger partial charge in [-0.1, -0.05) is 13.8 Å². The maximum absolute atomic E-state index is 13.4. The highest BCUT2D eigenvalue weighted by Crippen LogP contribution is 2.53. The van der Waals surface area contributed by atoms with Gasteiger partial charge in [0.2, 0.25) is 11.8 Å². The van der Waals surface area contributed by atoms with Crippen molar-refractivity contribution in [3.05, 3.63) is 11.8 Å². The first kappa shape index (κ1) is 21.7. The van der Waals surface area contributed by atoms with Gasteiger partial charge >= 0.3 is 0 Å². The van der Waals surface area contributed by atoms with Crippen molar-refractivity contribution in [2.75, 3.05) is 32.8 Å². The number of carbonyl (C=O) groups excluding carboxylic acids is 2. The zero-order chi connectivity index (χ0) is 22.2. The Kier molecular flexibility index (Phi) is 6.14. The third kappa shape index (κ3) is 4.38. The van der Waals surface area contributed by atoms with Crippen molar-refractivity contribution in [3.8, 4) is 5.88 Å². The van der Waals surface area contributed by atoms with Gasteiger partial charge in [0.05, 0.1) is 12.8 Å². The molecule has 5 aliphatic rings. The molecular formula is C24H37N5O3. The summed E-state index contributed by atoms with van der Waals surface area (Å²) < 4.78 is 7.61. The number of ether oxygens (including phenoxy) is 1. The fourth-order valence-corrected chi connectivity index (χ4v) is 6.57. The van der Waals surface area contributed by atoms with Crippen molar-refractivity contribution >= 4 is 11.8 Å². The Bertz CT molecular complexity index is 817. The lowest BCUT2D eigenvalue weighted by Gasteiger charge is -2.54. The molecule has 2 N–H and O–H groups in total. The number of hydrogen-bond acceptors (Lipinski definition) is 5. The first-order valence-electron chi connectivity index (χ1n) is 12.5. The second kappa shape index (κ2) is 9.04. The lowest BCUT2D eigenvalue weighted by molar-refractivity contribution is -0.132.